The number of pyridine rings is 1. The van der Waals surface area contributed by atoms with Crippen molar-refractivity contribution in [3.8, 4) is 0 Å². The Bertz CT molecular complexity index is 1060. The highest BCUT2D eigenvalue weighted by atomic mass is 35.5. The Morgan fingerprint density at radius 2 is 1.67 bits per heavy atom. The highest BCUT2D eigenvalue weighted by Gasteiger charge is 2.21. The van der Waals surface area contributed by atoms with Crippen LogP contribution in [0.2, 0.25) is 5.02 Å². The van der Waals surface area contributed by atoms with Crippen molar-refractivity contribution in [1.29, 1.82) is 0 Å². The number of amides is 1. The number of piperazine rings is 1. The van der Waals surface area contributed by atoms with Gasteiger partial charge in [-0.3, -0.25) is 9.69 Å². The molecule has 0 unspecified atom stereocenters. The summed E-state index contributed by atoms with van der Waals surface area (Å²) in [4.78, 5) is 24.4. The Balaban J connectivity index is 1.52. The minimum absolute atomic E-state index is 0.188. The van der Waals surface area contributed by atoms with E-state index in [-0.39, 0.29) is 11.7 Å². The number of aromatic nitrogens is 1. The molecule has 0 N–H and O–H groups in total. The minimum atomic E-state index is -0.346. The molecule has 5 nitrogen and oxygen atoms in total. The van der Waals surface area contributed by atoms with Crippen LogP contribution < -0.4 is 9.80 Å². The third-order valence-electron chi connectivity index (χ3n) is 5.99. The fraction of sp³-hybridized carbons (Fsp3) is 0.308. The van der Waals surface area contributed by atoms with Gasteiger partial charge in [0, 0.05) is 54.7 Å². The normalized spacial score (nSPS) is 14.5. The Morgan fingerprint density at radius 1 is 1.00 bits per heavy atom. The molecule has 33 heavy (non-hydrogen) atoms. The van der Waals surface area contributed by atoms with Crippen LogP contribution in [0.3, 0.4) is 0 Å². The molecule has 0 bridgehead atoms. The first-order valence-corrected chi connectivity index (χ1v) is 11.6. The molecule has 1 amide bonds. The van der Waals surface area contributed by atoms with Gasteiger partial charge in [0.15, 0.2) is 0 Å². The largest absolute Gasteiger partial charge is 0.354 e. The van der Waals surface area contributed by atoms with E-state index in [2.05, 4.69) is 28.6 Å². The van der Waals surface area contributed by atoms with Gasteiger partial charge in [-0.05, 0) is 74.0 Å². The van der Waals surface area contributed by atoms with E-state index in [9.17, 15) is 9.18 Å². The van der Waals surface area contributed by atoms with Gasteiger partial charge in [0.25, 0.3) is 5.91 Å². The Hall–Kier alpha value is -2.96. The standard InChI is InChI=1S/C26H28ClFN4O/c1-19(2)30-13-15-31(16-14-30)25-12-3-20(17-29-25)18-32(24-10-8-23(28)9-11-24)26(33)21-4-6-22(27)7-5-21/h3-12,17,19H,13-16,18H2,1-2H3. The Kier molecular flexibility index (Phi) is 7.26. The number of hydrogen-bond acceptors (Lipinski definition) is 4. The van der Waals surface area contributed by atoms with Crippen LogP contribution in [0, 0.1) is 5.82 Å². The second-order valence-electron chi connectivity index (χ2n) is 8.52. The molecule has 1 fully saturated rings. The number of carbonyl (C=O) groups excluding carboxylic acids is 1. The fourth-order valence-electron chi connectivity index (χ4n) is 4.00. The second kappa shape index (κ2) is 10.3. The van der Waals surface area contributed by atoms with Crippen LogP contribution in [0.15, 0.2) is 66.9 Å². The number of benzene rings is 2. The van der Waals surface area contributed by atoms with Gasteiger partial charge in [-0.1, -0.05) is 17.7 Å². The molecule has 172 valence electrons. The van der Waals surface area contributed by atoms with Crippen molar-refractivity contribution in [2.45, 2.75) is 26.4 Å². The maximum atomic E-state index is 13.5. The molecular formula is C26H28ClFN4O. The summed E-state index contributed by atoms with van der Waals surface area (Å²) in [6, 6.07) is 17.3. The van der Waals surface area contributed by atoms with Crippen LogP contribution >= 0.6 is 11.6 Å². The average Bonchev–Trinajstić information content (AvgIpc) is 2.84. The summed E-state index contributed by atoms with van der Waals surface area (Å²) in [6.07, 6.45) is 1.82. The quantitative estimate of drug-likeness (QED) is 0.497. The van der Waals surface area contributed by atoms with Gasteiger partial charge < -0.3 is 9.80 Å². The van der Waals surface area contributed by atoms with Crippen LogP contribution in [0.1, 0.15) is 29.8 Å². The van der Waals surface area contributed by atoms with Crippen LogP contribution in [-0.2, 0) is 6.54 Å². The summed E-state index contributed by atoms with van der Waals surface area (Å²) in [6.45, 7) is 8.70. The zero-order valence-electron chi connectivity index (χ0n) is 18.9. The van der Waals surface area contributed by atoms with Gasteiger partial charge in [0.2, 0.25) is 0 Å². The SMILES string of the molecule is CC(C)N1CCN(c2ccc(CN(C(=O)c3ccc(Cl)cc3)c3ccc(F)cc3)cn2)CC1. The second-order valence-corrected chi connectivity index (χ2v) is 8.95. The first-order valence-electron chi connectivity index (χ1n) is 11.2. The number of halogens is 2. The lowest BCUT2D eigenvalue weighted by Crippen LogP contribution is -2.49. The van der Waals surface area contributed by atoms with E-state index in [0.717, 1.165) is 37.6 Å². The third kappa shape index (κ3) is 5.70. The monoisotopic (exact) mass is 466 g/mol. The lowest BCUT2D eigenvalue weighted by Gasteiger charge is -2.37. The van der Waals surface area contributed by atoms with E-state index in [4.69, 9.17) is 11.6 Å². The zero-order chi connectivity index (χ0) is 23.4. The fourth-order valence-corrected chi connectivity index (χ4v) is 4.12. The van der Waals surface area contributed by atoms with Crippen molar-refractivity contribution >= 4 is 29.0 Å². The van der Waals surface area contributed by atoms with E-state index in [1.165, 1.54) is 12.1 Å². The van der Waals surface area contributed by atoms with E-state index in [0.29, 0.717) is 28.9 Å². The summed E-state index contributed by atoms with van der Waals surface area (Å²) in [5.41, 5.74) is 2.02. The van der Waals surface area contributed by atoms with Crippen LogP contribution in [0.5, 0.6) is 0 Å². The lowest BCUT2D eigenvalue weighted by molar-refractivity contribution is 0.0985. The number of carbonyl (C=O) groups is 1. The van der Waals surface area contributed by atoms with Gasteiger partial charge in [0.1, 0.15) is 11.6 Å². The van der Waals surface area contributed by atoms with Gasteiger partial charge in [-0.15, -0.1) is 0 Å². The highest BCUT2D eigenvalue weighted by Crippen LogP contribution is 2.23. The molecular weight excluding hydrogens is 439 g/mol. The number of anilines is 2. The zero-order valence-corrected chi connectivity index (χ0v) is 19.7. The van der Waals surface area contributed by atoms with E-state index < -0.39 is 0 Å². The molecule has 2 heterocycles. The lowest BCUT2D eigenvalue weighted by atomic mass is 10.1. The Labute approximate surface area is 199 Å². The minimum Gasteiger partial charge on any atom is -0.354 e. The van der Waals surface area contributed by atoms with Crippen LogP contribution in [0.4, 0.5) is 15.9 Å². The molecule has 1 aliphatic rings. The maximum absolute atomic E-state index is 13.5. The number of rotatable bonds is 6. The average molecular weight is 467 g/mol. The number of hydrogen-bond donors (Lipinski definition) is 0. The molecule has 1 aromatic heterocycles. The molecule has 1 saturated heterocycles. The first kappa shape index (κ1) is 23.2. The molecule has 0 radical (unpaired) electrons. The summed E-state index contributed by atoms with van der Waals surface area (Å²) in [5, 5.41) is 0.564. The first-order chi connectivity index (χ1) is 15.9. The molecule has 3 aromatic rings. The summed E-state index contributed by atoms with van der Waals surface area (Å²) in [7, 11) is 0. The smallest absolute Gasteiger partial charge is 0.258 e. The van der Waals surface area contributed by atoms with Gasteiger partial charge in [0.05, 0.1) is 6.54 Å². The molecule has 2 aromatic carbocycles. The van der Waals surface area contributed by atoms with Gasteiger partial charge in [-0.25, -0.2) is 9.37 Å². The van der Waals surface area contributed by atoms with Crippen molar-refractivity contribution in [1.82, 2.24) is 9.88 Å². The molecule has 1 aliphatic heterocycles. The highest BCUT2D eigenvalue weighted by molar-refractivity contribution is 6.30. The molecule has 0 aliphatic carbocycles. The molecule has 7 heteroatoms. The van der Waals surface area contributed by atoms with Crippen molar-refractivity contribution in [3.05, 3.63) is 88.8 Å². The summed E-state index contributed by atoms with van der Waals surface area (Å²) >= 11 is 5.98. The maximum Gasteiger partial charge on any atom is 0.258 e. The summed E-state index contributed by atoms with van der Waals surface area (Å²) in [5.74, 6) is 0.410. The van der Waals surface area contributed by atoms with Crippen molar-refractivity contribution < 1.29 is 9.18 Å². The van der Waals surface area contributed by atoms with E-state index in [1.54, 1.807) is 41.3 Å². The van der Waals surface area contributed by atoms with Gasteiger partial charge in [-0.2, -0.15) is 0 Å². The molecule has 0 atom stereocenters. The van der Waals surface area contributed by atoms with Crippen molar-refractivity contribution in [3.63, 3.8) is 0 Å². The predicted octanol–water partition coefficient (Wildman–Crippen LogP) is 5.25. The molecule has 0 spiro atoms. The third-order valence-corrected chi connectivity index (χ3v) is 6.24. The van der Waals surface area contributed by atoms with Gasteiger partial charge >= 0.3 is 0 Å². The van der Waals surface area contributed by atoms with Crippen LogP contribution in [-0.4, -0.2) is 48.0 Å². The topological polar surface area (TPSA) is 39.7 Å². The number of nitrogens with zero attached hydrogens (tertiary/aromatic N) is 4. The van der Waals surface area contributed by atoms with E-state index >= 15 is 0 Å². The molecule has 0 saturated carbocycles. The van der Waals surface area contributed by atoms with E-state index in [1.807, 2.05) is 18.3 Å². The predicted molar refractivity (Wildman–Crippen MR) is 132 cm³/mol. The Morgan fingerprint density at radius 3 is 2.24 bits per heavy atom. The summed E-state index contributed by atoms with van der Waals surface area (Å²) < 4.78 is 13.5. The van der Waals surface area contributed by atoms with Crippen LogP contribution in [0.25, 0.3) is 0 Å². The van der Waals surface area contributed by atoms with Crippen molar-refractivity contribution in [2.75, 3.05) is 36.0 Å². The van der Waals surface area contributed by atoms with Crippen molar-refractivity contribution in [2.24, 2.45) is 0 Å². The molecule has 4 rings (SSSR count).